The molecule has 0 amide bonds. The van der Waals surface area contributed by atoms with Crippen LogP contribution in [0.1, 0.15) is 57.8 Å². The van der Waals surface area contributed by atoms with Crippen molar-refractivity contribution in [1.82, 2.24) is 9.29 Å². The average molecular weight is 350 g/mol. The molecule has 1 saturated carbocycles. The molecule has 5 nitrogen and oxygen atoms in total. The van der Waals surface area contributed by atoms with Crippen molar-refractivity contribution >= 4 is 10.0 Å². The predicted octanol–water partition coefficient (Wildman–Crippen LogP) is 3.12. The molecule has 3 aliphatic rings. The van der Waals surface area contributed by atoms with E-state index in [-0.39, 0.29) is 23.4 Å². The fourth-order valence-electron chi connectivity index (χ4n) is 4.72. The molecule has 0 N–H and O–H groups in total. The Morgan fingerprint density at radius 2 is 1.71 bits per heavy atom. The van der Waals surface area contributed by atoms with Crippen LogP contribution in [-0.4, -0.2) is 41.1 Å². The fraction of sp³-hybridized carbons (Fsp3) is 0.722. The van der Waals surface area contributed by atoms with E-state index in [1.807, 2.05) is 22.5 Å². The van der Waals surface area contributed by atoms with E-state index < -0.39 is 10.0 Å². The monoisotopic (exact) mass is 350 g/mol. The lowest BCUT2D eigenvalue weighted by molar-refractivity contribution is 0.0910. The number of hydrogen-bond donors (Lipinski definition) is 0. The van der Waals surface area contributed by atoms with Gasteiger partial charge in [-0.1, -0.05) is 25.3 Å². The van der Waals surface area contributed by atoms with Gasteiger partial charge in [0.2, 0.25) is 15.9 Å². The van der Waals surface area contributed by atoms with Gasteiger partial charge in [-0.25, -0.2) is 13.4 Å². The molecular formula is C18H26N2O3S. The van der Waals surface area contributed by atoms with Gasteiger partial charge in [0.05, 0.1) is 5.25 Å². The number of fused-ring (bicyclic) bond motifs is 2. The first kappa shape index (κ1) is 16.3. The highest BCUT2D eigenvalue weighted by molar-refractivity contribution is 7.89. The number of sulfonamides is 1. The summed E-state index contributed by atoms with van der Waals surface area (Å²) in [5.41, 5.74) is 0. The lowest BCUT2D eigenvalue weighted by Crippen LogP contribution is -2.52. The SMILES string of the molecule is O=S(=O)(C1CCCCC1)N1C2CCC1CC(Oc1ccccn1)C2. The topological polar surface area (TPSA) is 59.5 Å². The molecular weight excluding hydrogens is 324 g/mol. The Labute approximate surface area is 144 Å². The normalized spacial score (nSPS) is 31.9. The summed E-state index contributed by atoms with van der Waals surface area (Å²) in [6.07, 6.45) is 10.3. The standard InChI is InChI=1S/C18H26N2O3S/c21-24(22,17-6-2-1-3-7-17)20-14-9-10-15(20)13-16(12-14)23-18-8-4-5-11-19-18/h4-5,8,11,14-17H,1-3,6-7,9-10,12-13H2. The molecule has 1 aromatic rings. The van der Waals surface area contributed by atoms with Crippen molar-refractivity contribution in [1.29, 1.82) is 0 Å². The summed E-state index contributed by atoms with van der Waals surface area (Å²) < 4.78 is 34.2. The van der Waals surface area contributed by atoms with E-state index in [9.17, 15) is 8.42 Å². The van der Waals surface area contributed by atoms with E-state index in [2.05, 4.69) is 4.98 Å². The molecule has 24 heavy (non-hydrogen) atoms. The van der Waals surface area contributed by atoms with E-state index in [4.69, 9.17) is 4.74 Å². The van der Waals surface area contributed by atoms with Crippen molar-refractivity contribution in [2.75, 3.05) is 0 Å². The summed E-state index contributed by atoms with van der Waals surface area (Å²) in [6.45, 7) is 0. The number of nitrogens with zero attached hydrogens (tertiary/aromatic N) is 2. The Kier molecular flexibility index (Phi) is 4.52. The van der Waals surface area contributed by atoms with Crippen LogP contribution in [0.2, 0.25) is 0 Å². The summed E-state index contributed by atoms with van der Waals surface area (Å²) in [5.74, 6) is 0.644. The fourth-order valence-corrected chi connectivity index (χ4v) is 7.21. The van der Waals surface area contributed by atoms with Crippen molar-refractivity contribution in [3.05, 3.63) is 24.4 Å². The van der Waals surface area contributed by atoms with Gasteiger partial charge in [0.15, 0.2) is 0 Å². The molecule has 2 aliphatic heterocycles. The molecule has 2 saturated heterocycles. The summed E-state index contributed by atoms with van der Waals surface area (Å²) in [4.78, 5) is 4.23. The van der Waals surface area contributed by atoms with Gasteiger partial charge in [0.1, 0.15) is 6.10 Å². The highest BCUT2D eigenvalue weighted by Gasteiger charge is 2.49. The highest BCUT2D eigenvalue weighted by atomic mass is 32.2. The van der Waals surface area contributed by atoms with Gasteiger partial charge in [-0.05, 0) is 31.7 Å². The Morgan fingerprint density at radius 3 is 2.33 bits per heavy atom. The van der Waals surface area contributed by atoms with Crippen LogP contribution in [0.15, 0.2) is 24.4 Å². The van der Waals surface area contributed by atoms with Gasteiger partial charge in [0.25, 0.3) is 0 Å². The van der Waals surface area contributed by atoms with Crippen LogP contribution in [0.25, 0.3) is 0 Å². The van der Waals surface area contributed by atoms with Crippen LogP contribution in [-0.2, 0) is 10.0 Å². The smallest absolute Gasteiger partial charge is 0.217 e. The molecule has 0 radical (unpaired) electrons. The number of pyridine rings is 1. The minimum Gasteiger partial charge on any atom is -0.474 e. The van der Waals surface area contributed by atoms with E-state index in [1.54, 1.807) is 6.20 Å². The van der Waals surface area contributed by atoms with Crippen molar-refractivity contribution in [2.24, 2.45) is 0 Å². The van der Waals surface area contributed by atoms with Crippen LogP contribution in [0.3, 0.4) is 0 Å². The van der Waals surface area contributed by atoms with E-state index in [1.165, 1.54) is 6.42 Å². The molecule has 132 valence electrons. The van der Waals surface area contributed by atoms with Gasteiger partial charge < -0.3 is 4.74 Å². The molecule has 6 heteroatoms. The minimum atomic E-state index is -3.16. The molecule has 2 bridgehead atoms. The first-order chi connectivity index (χ1) is 11.6. The largest absolute Gasteiger partial charge is 0.474 e. The zero-order valence-corrected chi connectivity index (χ0v) is 14.8. The predicted molar refractivity (Wildman–Crippen MR) is 92.3 cm³/mol. The summed E-state index contributed by atoms with van der Waals surface area (Å²) in [5, 5.41) is -0.150. The van der Waals surface area contributed by atoms with Gasteiger partial charge >= 0.3 is 0 Å². The van der Waals surface area contributed by atoms with Gasteiger partial charge in [-0.15, -0.1) is 0 Å². The lowest BCUT2D eigenvalue weighted by Gasteiger charge is -2.40. The molecule has 2 unspecified atom stereocenters. The van der Waals surface area contributed by atoms with E-state index >= 15 is 0 Å². The number of aromatic nitrogens is 1. The Hall–Kier alpha value is -1.14. The molecule has 3 fully saturated rings. The zero-order valence-electron chi connectivity index (χ0n) is 14.0. The summed E-state index contributed by atoms with van der Waals surface area (Å²) in [6, 6.07) is 5.89. The zero-order chi connectivity index (χ0) is 16.6. The molecule has 4 rings (SSSR count). The summed E-state index contributed by atoms with van der Waals surface area (Å²) >= 11 is 0. The van der Waals surface area contributed by atoms with Crippen LogP contribution in [0, 0.1) is 0 Å². The molecule has 2 atom stereocenters. The highest BCUT2D eigenvalue weighted by Crippen LogP contribution is 2.41. The van der Waals surface area contributed by atoms with Crippen LogP contribution >= 0.6 is 0 Å². The van der Waals surface area contributed by atoms with Crippen LogP contribution in [0.4, 0.5) is 0 Å². The molecule has 3 heterocycles. The second kappa shape index (κ2) is 6.64. The Balaban J connectivity index is 1.47. The van der Waals surface area contributed by atoms with Crippen LogP contribution < -0.4 is 4.74 Å². The first-order valence-corrected chi connectivity index (χ1v) is 10.7. The number of hydrogen-bond acceptors (Lipinski definition) is 4. The third-order valence-electron chi connectivity index (χ3n) is 5.82. The first-order valence-electron chi connectivity index (χ1n) is 9.24. The number of ether oxygens (including phenoxy) is 1. The number of piperidine rings is 1. The molecule has 0 aromatic carbocycles. The van der Waals surface area contributed by atoms with Crippen molar-refractivity contribution < 1.29 is 13.2 Å². The minimum absolute atomic E-state index is 0.0789. The maximum Gasteiger partial charge on any atom is 0.217 e. The van der Waals surface area contributed by atoms with Crippen molar-refractivity contribution in [3.63, 3.8) is 0 Å². The Bertz CT molecular complexity index is 644. The molecule has 1 aromatic heterocycles. The van der Waals surface area contributed by atoms with E-state index in [0.29, 0.717) is 5.88 Å². The second-order valence-electron chi connectivity index (χ2n) is 7.40. The maximum atomic E-state index is 13.1. The lowest BCUT2D eigenvalue weighted by atomic mass is 10.0. The van der Waals surface area contributed by atoms with Gasteiger partial charge in [0, 0.05) is 37.2 Å². The average Bonchev–Trinajstić information content (AvgIpc) is 2.89. The summed E-state index contributed by atoms with van der Waals surface area (Å²) in [7, 11) is -3.16. The van der Waals surface area contributed by atoms with E-state index in [0.717, 1.165) is 51.4 Å². The Morgan fingerprint density at radius 1 is 1.00 bits per heavy atom. The number of rotatable bonds is 4. The van der Waals surface area contributed by atoms with Gasteiger partial charge in [-0.2, -0.15) is 4.31 Å². The van der Waals surface area contributed by atoms with Crippen molar-refractivity contribution in [2.45, 2.75) is 81.2 Å². The molecule has 0 spiro atoms. The van der Waals surface area contributed by atoms with Gasteiger partial charge in [-0.3, -0.25) is 0 Å². The van der Waals surface area contributed by atoms with Crippen LogP contribution in [0.5, 0.6) is 5.88 Å². The third-order valence-corrected chi connectivity index (χ3v) is 8.31. The quantitative estimate of drug-likeness (QED) is 0.837. The molecule has 1 aliphatic carbocycles. The second-order valence-corrected chi connectivity index (χ2v) is 9.52. The van der Waals surface area contributed by atoms with Crippen molar-refractivity contribution in [3.8, 4) is 5.88 Å². The maximum absolute atomic E-state index is 13.1. The third kappa shape index (κ3) is 3.06.